The van der Waals surface area contributed by atoms with Gasteiger partial charge in [0, 0.05) is 38.4 Å². The van der Waals surface area contributed by atoms with Crippen LogP contribution in [0, 0.1) is 0 Å². The molecular formula is C15H22N2O3. The maximum atomic E-state index is 11.8. The topological polar surface area (TPSA) is 58.6 Å². The first-order chi connectivity index (χ1) is 9.56. The molecule has 0 aliphatic rings. The summed E-state index contributed by atoms with van der Waals surface area (Å²) in [6.07, 6.45) is 0.968. The molecule has 0 aromatic heterocycles. The molecular weight excluding hydrogens is 256 g/mol. The third-order valence-corrected chi connectivity index (χ3v) is 2.68. The summed E-state index contributed by atoms with van der Waals surface area (Å²) in [5, 5.41) is 2.77. The molecule has 1 aromatic carbocycles. The molecule has 0 saturated heterocycles. The lowest BCUT2D eigenvalue weighted by Gasteiger charge is -2.10. The van der Waals surface area contributed by atoms with Crippen LogP contribution in [0.15, 0.2) is 24.3 Å². The second-order valence-corrected chi connectivity index (χ2v) is 4.65. The van der Waals surface area contributed by atoms with Crippen LogP contribution in [0.25, 0.3) is 0 Å². The van der Waals surface area contributed by atoms with Crippen LogP contribution in [-0.4, -0.2) is 50.6 Å². The SMILES string of the molecule is CCCOCCNC(=O)c1ccc(C(=O)N(C)C)cc1. The van der Waals surface area contributed by atoms with Gasteiger partial charge in [-0.25, -0.2) is 0 Å². The Labute approximate surface area is 119 Å². The summed E-state index contributed by atoms with van der Waals surface area (Å²) in [5.41, 5.74) is 1.11. The highest BCUT2D eigenvalue weighted by atomic mass is 16.5. The fourth-order valence-electron chi connectivity index (χ4n) is 1.61. The lowest BCUT2D eigenvalue weighted by Crippen LogP contribution is -2.27. The molecule has 0 aliphatic carbocycles. The van der Waals surface area contributed by atoms with Crippen LogP contribution < -0.4 is 5.32 Å². The molecule has 0 atom stereocenters. The summed E-state index contributed by atoms with van der Waals surface area (Å²) in [7, 11) is 3.39. The Balaban J connectivity index is 2.47. The second kappa shape index (κ2) is 8.32. The van der Waals surface area contributed by atoms with E-state index in [4.69, 9.17) is 4.74 Å². The fourth-order valence-corrected chi connectivity index (χ4v) is 1.61. The van der Waals surface area contributed by atoms with E-state index >= 15 is 0 Å². The molecule has 0 aliphatic heterocycles. The lowest BCUT2D eigenvalue weighted by molar-refractivity contribution is 0.0826. The van der Waals surface area contributed by atoms with Gasteiger partial charge in [-0.1, -0.05) is 6.92 Å². The maximum absolute atomic E-state index is 11.8. The number of carbonyl (C=O) groups excluding carboxylic acids is 2. The number of hydrogen-bond donors (Lipinski definition) is 1. The minimum atomic E-state index is -0.158. The van der Waals surface area contributed by atoms with E-state index in [1.165, 1.54) is 4.90 Å². The van der Waals surface area contributed by atoms with Gasteiger partial charge in [-0.3, -0.25) is 9.59 Å². The van der Waals surface area contributed by atoms with Crippen LogP contribution in [0.5, 0.6) is 0 Å². The third kappa shape index (κ3) is 5.01. The molecule has 5 heteroatoms. The van der Waals surface area contributed by atoms with Crippen LogP contribution in [0.3, 0.4) is 0 Å². The van der Waals surface area contributed by atoms with Crippen molar-refractivity contribution in [3.05, 3.63) is 35.4 Å². The standard InChI is InChI=1S/C15H22N2O3/c1-4-10-20-11-9-16-14(18)12-5-7-13(8-6-12)15(19)17(2)3/h5-8H,4,9-11H2,1-3H3,(H,16,18). The van der Waals surface area contributed by atoms with Crippen molar-refractivity contribution in [2.45, 2.75) is 13.3 Å². The largest absolute Gasteiger partial charge is 0.380 e. The molecule has 1 rings (SSSR count). The highest BCUT2D eigenvalue weighted by Crippen LogP contribution is 2.06. The Kier molecular flexibility index (Phi) is 6.73. The van der Waals surface area contributed by atoms with Crippen LogP contribution in [0.4, 0.5) is 0 Å². The Hall–Kier alpha value is -1.88. The molecule has 0 bridgehead atoms. The van der Waals surface area contributed by atoms with Gasteiger partial charge in [-0.15, -0.1) is 0 Å². The smallest absolute Gasteiger partial charge is 0.253 e. The minimum absolute atomic E-state index is 0.0788. The van der Waals surface area contributed by atoms with Gasteiger partial charge >= 0.3 is 0 Å². The predicted octanol–water partition coefficient (Wildman–Crippen LogP) is 1.54. The number of benzene rings is 1. The molecule has 110 valence electrons. The van der Waals surface area contributed by atoms with Crippen molar-refractivity contribution in [3.63, 3.8) is 0 Å². The number of rotatable bonds is 7. The summed E-state index contributed by atoms with van der Waals surface area (Å²) in [5.74, 6) is -0.237. The highest BCUT2D eigenvalue weighted by molar-refractivity contribution is 5.97. The van der Waals surface area contributed by atoms with E-state index in [-0.39, 0.29) is 11.8 Å². The first kappa shape index (κ1) is 16.2. The fraction of sp³-hybridized carbons (Fsp3) is 0.467. The molecule has 0 fully saturated rings. The van der Waals surface area contributed by atoms with Crippen LogP contribution in [0.2, 0.25) is 0 Å². The van der Waals surface area contributed by atoms with E-state index in [0.29, 0.717) is 30.9 Å². The molecule has 0 saturated carbocycles. The Bertz CT molecular complexity index is 441. The zero-order valence-corrected chi connectivity index (χ0v) is 12.3. The van der Waals surface area contributed by atoms with Gasteiger partial charge < -0.3 is 15.0 Å². The Morgan fingerprint density at radius 2 is 1.70 bits per heavy atom. The molecule has 5 nitrogen and oxygen atoms in total. The Morgan fingerprint density at radius 3 is 2.25 bits per heavy atom. The summed E-state index contributed by atoms with van der Waals surface area (Å²) in [4.78, 5) is 25.0. The molecule has 1 aromatic rings. The monoisotopic (exact) mass is 278 g/mol. The van der Waals surface area contributed by atoms with Gasteiger partial charge in [0.1, 0.15) is 0 Å². The summed E-state index contributed by atoms with van der Waals surface area (Å²) < 4.78 is 5.28. The van der Waals surface area contributed by atoms with Crippen molar-refractivity contribution in [2.24, 2.45) is 0 Å². The van der Waals surface area contributed by atoms with Gasteiger partial charge in [-0.05, 0) is 30.7 Å². The Morgan fingerprint density at radius 1 is 1.10 bits per heavy atom. The minimum Gasteiger partial charge on any atom is -0.380 e. The predicted molar refractivity (Wildman–Crippen MR) is 77.9 cm³/mol. The van der Waals surface area contributed by atoms with Crippen LogP contribution in [0.1, 0.15) is 34.1 Å². The number of hydrogen-bond acceptors (Lipinski definition) is 3. The third-order valence-electron chi connectivity index (χ3n) is 2.68. The van der Waals surface area contributed by atoms with Crippen molar-refractivity contribution in [1.29, 1.82) is 0 Å². The first-order valence-corrected chi connectivity index (χ1v) is 6.74. The van der Waals surface area contributed by atoms with Gasteiger partial charge in [0.25, 0.3) is 11.8 Å². The van der Waals surface area contributed by atoms with Crippen molar-refractivity contribution in [1.82, 2.24) is 10.2 Å². The van der Waals surface area contributed by atoms with E-state index in [0.717, 1.165) is 6.42 Å². The normalized spacial score (nSPS) is 10.2. The van der Waals surface area contributed by atoms with Gasteiger partial charge in [0.05, 0.1) is 6.61 Å². The molecule has 1 N–H and O–H groups in total. The average Bonchev–Trinajstić information content (AvgIpc) is 2.46. The number of ether oxygens (including phenoxy) is 1. The van der Waals surface area contributed by atoms with Crippen LogP contribution >= 0.6 is 0 Å². The summed E-state index contributed by atoms with van der Waals surface area (Å²) >= 11 is 0. The van der Waals surface area contributed by atoms with E-state index in [1.54, 1.807) is 38.4 Å². The van der Waals surface area contributed by atoms with Gasteiger partial charge in [0.15, 0.2) is 0 Å². The molecule has 2 amide bonds. The highest BCUT2D eigenvalue weighted by Gasteiger charge is 2.09. The van der Waals surface area contributed by atoms with Gasteiger partial charge in [0.2, 0.25) is 0 Å². The number of amides is 2. The molecule has 0 spiro atoms. The zero-order chi connectivity index (χ0) is 15.0. The average molecular weight is 278 g/mol. The number of nitrogens with zero attached hydrogens (tertiary/aromatic N) is 1. The van der Waals surface area contributed by atoms with Gasteiger partial charge in [-0.2, -0.15) is 0 Å². The maximum Gasteiger partial charge on any atom is 0.253 e. The molecule has 0 heterocycles. The van der Waals surface area contributed by atoms with Crippen molar-refractivity contribution in [3.8, 4) is 0 Å². The van der Waals surface area contributed by atoms with Crippen molar-refractivity contribution < 1.29 is 14.3 Å². The zero-order valence-electron chi connectivity index (χ0n) is 12.3. The molecule has 0 radical (unpaired) electrons. The van der Waals surface area contributed by atoms with Crippen molar-refractivity contribution >= 4 is 11.8 Å². The van der Waals surface area contributed by atoms with E-state index < -0.39 is 0 Å². The number of nitrogens with one attached hydrogen (secondary N) is 1. The quantitative estimate of drug-likeness (QED) is 0.770. The number of carbonyl (C=O) groups is 2. The first-order valence-electron chi connectivity index (χ1n) is 6.74. The molecule has 20 heavy (non-hydrogen) atoms. The molecule has 0 unspecified atom stereocenters. The summed E-state index contributed by atoms with van der Waals surface area (Å²) in [6, 6.07) is 6.62. The summed E-state index contributed by atoms with van der Waals surface area (Å²) in [6.45, 7) is 3.74. The second-order valence-electron chi connectivity index (χ2n) is 4.65. The van der Waals surface area contributed by atoms with Crippen LogP contribution in [-0.2, 0) is 4.74 Å². The van der Waals surface area contributed by atoms with E-state index in [9.17, 15) is 9.59 Å². The van der Waals surface area contributed by atoms with Crippen molar-refractivity contribution in [2.75, 3.05) is 33.9 Å². The van der Waals surface area contributed by atoms with E-state index in [2.05, 4.69) is 5.32 Å². The lowest BCUT2D eigenvalue weighted by atomic mass is 10.1. The van der Waals surface area contributed by atoms with E-state index in [1.807, 2.05) is 6.92 Å².